The lowest BCUT2D eigenvalue weighted by atomic mass is 10.2. The monoisotopic (exact) mass is 328 g/mol. The van der Waals surface area contributed by atoms with E-state index in [2.05, 4.69) is 10.4 Å². The summed E-state index contributed by atoms with van der Waals surface area (Å²) in [6.45, 7) is 1.88. The number of aromatic nitrogens is 2. The topological polar surface area (TPSA) is 72.9 Å². The van der Waals surface area contributed by atoms with Crippen molar-refractivity contribution in [2.45, 2.75) is 25.8 Å². The van der Waals surface area contributed by atoms with E-state index in [0.717, 1.165) is 5.69 Å². The quantitative estimate of drug-likeness (QED) is 0.886. The predicted molar refractivity (Wildman–Crippen MR) is 87.3 cm³/mol. The van der Waals surface area contributed by atoms with Gasteiger partial charge >= 0.3 is 0 Å². The number of amides is 1. The standard InChI is InChI=1S/C14H17ClN4O.ClH/c1-10(16)3-6-14(20)18-11-4-5-13(12(15)9-11)19-8-2-7-17-19;/h2,4-5,7-10H,3,6,16H2,1H3,(H,18,20);1H. The van der Waals surface area contributed by atoms with Crippen LogP contribution in [0.3, 0.4) is 0 Å². The Hall–Kier alpha value is -1.56. The highest BCUT2D eigenvalue weighted by molar-refractivity contribution is 6.32. The molecule has 3 N–H and O–H groups in total. The molecule has 1 aromatic heterocycles. The van der Waals surface area contributed by atoms with E-state index < -0.39 is 0 Å². The van der Waals surface area contributed by atoms with Gasteiger partial charge in [-0.05, 0) is 37.6 Å². The second-order valence-electron chi connectivity index (χ2n) is 4.68. The summed E-state index contributed by atoms with van der Waals surface area (Å²) in [5.74, 6) is -0.0646. The summed E-state index contributed by atoms with van der Waals surface area (Å²) in [6, 6.07) is 7.16. The number of nitrogens with one attached hydrogen (secondary N) is 1. The minimum absolute atomic E-state index is 0. The first kappa shape index (κ1) is 17.5. The van der Waals surface area contributed by atoms with E-state index in [1.807, 2.05) is 25.3 Å². The van der Waals surface area contributed by atoms with Gasteiger partial charge in [0.1, 0.15) is 0 Å². The second-order valence-corrected chi connectivity index (χ2v) is 5.09. The van der Waals surface area contributed by atoms with E-state index in [9.17, 15) is 4.79 Å². The van der Waals surface area contributed by atoms with Gasteiger partial charge in [-0.1, -0.05) is 11.6 Å². The normalized spacial score (nSPS) is 11.6. The Bertz CT molecular complexity index is 585. The first-order valence-corrected chi connectivity index (χ1v) is 6.79. The molecule has 0 fully saturated rings. The smallest absolute Gasteiger partial charge is 0.224 e. The van der Waals surface area contributed by atoms with Crippen LogP contribution in [-0.2, 0) is 4.79 Å². The van der Waals surface area contributed by atoms with Gasteiger partial charge in [0, 0.05) is 30.5 Å². The Kier molecular flexibility index (Phi) is 6.68. The third kappa shape index (κ3) is 5.04. The molecule has 0 aliphatic heterocycles. The van der Waals surface area contributed by atoms with Crippen molar-refractivity contribution in [1.29, 1.82) is 0 Å². The first-order chi connectivity index (χ1) is 9.56. The molecule has 1 atom stereocenters. The average molecular weight is 329 g/mol. The average Bonchev–Trinajstić information content (AvgIpc) is 2.90. The number of nitrogens with two attached hydrogens (primary N) is 1. The highest BCUT2D eigenvalue weighted by Gasteiger charge is 2.07. The first-order valence-electron chi connectivity index (χ1n) is 6.41. The van der Waals surface area contributed by atoms with Gasteiger partial charge in [0.05, 0.1) is 10.7 Å². The molecule has 21 heavy (non-hydrogen) atoms. The molecule has 5 nitrogen and oxygen atoms in total. The lowest BCUT2D eigenvalue weighted by Crippen LogP contribution is -2.19. The predicted octanol–water partition coefficient (Wildman–Crippen LogP) is 3.01. The maximum absolute atomic E-state index is 11.7. The molecular formula is C14H18Cl2N4O. The van der Waals surface area contributed by atoms with Crippen LogP contribution in [0.5, 0.6) is 0 Å². The second kappa shape index (κ2) is 8.02. The van der Waals surface area contributed by atoms with E-state index in [4.69, 9.17) is 17.3 Å². The number of benzene rings is 1. The lowest BCUT2D eigenvalue weighted by molar-refractivity contribution is -0.116. The Morgan fingerprint density at radius 2 is 2.29 bits per heavy atom. The Morgan fingerprint density at radius 3 is 2.86 bits per heavy atom. The molecule has 7 heteroatoms. The number of nitrogens with zero attached hydrogens (tertiary/aromatic N) is 2. The lowest BCUT2D eigenvalue weighted by Gasteiger charge is -2.09. The fraction of sp³-hybridized carbons (Fsp3) is 0.286. The van der Waals surface area contributed by atoms with Crippen LogP contribution >= 0.6 is 24.0 Å². The van der Waals surface area contributed by atoms with Crippen LogP contribution in [0.25, 0.3) is 5.69 Å². The molecular weight excluding hydrogens is 311 g/mol. The summed E-state index contributed by atoms with van der Waals surface area (Å²) < 4.78 is 1.67. The number of carbonyl (C=O) groups excluding carboxylic acids is 1. The molecule has 0 saturated heterocycles. The van der Waals surface area contributed by atoms with Crippen molar-refractivity contribution < 1.29 is 4.79 Å². The number of hydrogen-bond donors (Lipinski definition) is 2. The maximum Gasteiger partial charge on any atom is 0.224 e. The highest BCUT2D eigenvalue weighted by atomic mass is 35.5. The molecule has 0 spiro atoms. The molecule has 1 amide bonds. The van der Waals surface area contributed by atoms with Crippen LogP contribution in [0.2, 0.25) is 5.02 Å². The molecule has 1 unspecified atom stereocenters. The van der Waals surface area contributed by atoms with E-state index in [1.54, 1.807) is 23.0 Å². The van der Waals surface area contributed by atoms with E-state index in [0.29, 0.717) is 23.6 Å². The van der Waals surface area contributed by atoms with Gasteiger partial charge in [0.25, 0.3) is 0 Å². The summed E-state index contributed by atoms with van der Waals surface area (Å²) in [4.78, 5) is 11.7. The van der Waals surface area contributed by atoms with Crippen LogP contribution in [-0.4, -0.2) is 21.7 Å². The summed E-state index contributed by atoms with van der Waals surface area (Å²) in [7, 11) is 0. The zero-order valence-corrected chi connectivity index (χ0v) is 13.2. The van der Waals surface area contributed by atoms with E-state index in [-0.39, 0.29) is 24.4 Å². The molecule has 1 aromatic carbocycles. The highest BCUT2D eigenvalue weighted by Crippen LogP contribution is 2.24. The molecule has 0 aliphatic rings. The molecule has 0 bridgehead atoms. The third-order valence-electron chi connectivity index (χ3n) is 2.81. The van der Waals surface area contributed by atoms with Crippen LogP contribution in [0.4, 0.5) is 5.69 Å². The minimum Gasteiger partial charge on any atom is -0.328 e. The van der Waals surface area contributed by atoms with Gasteiger partial charge in [-0.15, -0.1) is 12.4 Å². The third-order valence-corrected chi connectivity index (χ3v) is 3.11. The molecule has 114 valence electrons. The fourth-order valence-corrected chi connectivity index (χ4v) is 2.03. The van der Waals surface area contributed by atoms with Gasteiger partial charge in [-0.2, -0.15) is 5.10 Å². The summed E-state index contributed by atoms with van der Waals surface area (Å²) in [6.07, 6.45) is 4.54. The van der Waals surface area contributed by atoms with Crippen molar-refractivity contribution >= 4 is 35.6 Å². The van der Waals surface area contributed by atoms with Gasteiger partial charge in [0.2, 0.25) is 5.91 Å². The largest absolute Gasteiger partial charge is 0.328 e. The molecule has 0 aliphatic carbocycles. The van der Waals surface area contributed by atoms with Crippen molar-refractivity contribution in [3.05, 3.63) is 41.7 Å². The van der Waals surface area contributed by atoms with Crippen molar-refractivity contribution in [2.75, 3.05) is 5.32 Å². The number of carbonyl (C=O) groups is 1. The van der Waals surface area contributed by atoms with Gasteiger partial charge in [0.15, 0.2) is 0 Å². The van der Waals surface area contributed by atoms with E-state index in [1.165, 1.54) is 0 Å². The zero-order valence-electron chi connectivity index (χ0n) is 11.6. The summed E-state index contributed by atoms with van der Waals surface area (Å²) in [5.41, 5.74) is 7.06. The van der Waals surface area contributed by atoms with Gasteiger partial charge in [-0.25, -0.2) is 4.68 Å². The van der Waals surface area contributed by atoms with Crippen LogP contribution < -0.4 is 11.1 Å². The minimum atomic E-state index is -0.0646. The SMILES string of the molecule is CC(N)CCC(=O)Nc1ccc(-n2cccn2)c(Cl)c1.Cl. The molecule has 1 heterocycles. The molecule has 0 radical (unpaired) electrons. The maximum atomic E-state index is 11.7. The Morgan fingerprint density at radius 1 is 1.52 bits per heavy atom. The van der Waals surface area contributed by atoms with E-state index >= 15 is 0 Å². The van der Waals surface area contributed by atoms with Crippen molar-refractivity contribution in [1.82, 2.24) is 9.78 Å². The van der Waals surface area contributed by atoms with Crippen LogP contribution in [0, 0.1) is 0 Å². The molecule has 2 rings (SSSR count). The Labute approximate surface area is 134 Å². The zero-order chi connectivity index (χ0) is 14.5. The summed E-state index contributed by atoms with van der Waals surface area (Å²) >= 11 is 6.20. The van der Waals surface area contributed by atoms with Gasteiger partial charge in [-0.3, -0.25) is 4.79 Å². The Balaban J connectivity index is 0.00000220. The molecule has 0 saturated carbocycles. The number of hydrogen-bond acceptors (Lipinski definition) is 3. The number of anilines is 1. The number of rotatable bonds is 5. The molecule has 2 aromatic rings. The van der Waals surface area contributed by atoms with Crippen molar-refractivity contribution in [3.8, 4) is 5.69 Å². The fourth-order valence-electron chi connectivity index (χ4n) is 1.76. The summed E-state index contributed by atoms with van der Waals surface area (Å²) in [5, 5.41) is 7.45. The van der Waals surface area contributed by atoms with Crippen LogP contribution in [0.15, 0.2) is 36.7 Å². The van der Waals surface area contributed by atoms with Gasteiger partial charge < -0.3 is 11.1 Å². The van der Waals surface area contributed by atoms with Crippen molar-refractivity contribution in [3.63, 3.8) is 0 Å². The van der Waals surface area contributed by atoms with Crippen molar-refractivity contribution in [2.24, 2.45) is 5.73 Å². The van der Waals surface area contributed by atoms with Crippen LogP contribution in [0.1, 0.15) is 19.8 Å². The number of halogens is 2.